The molecule has 2 aromatic carbocycles. The van der Waals surface area contributed by atoms with Crippen molar-refractivity contribution in [3.8, 4) is 11.4 Å². The molecule has 8 nitrogen and oxygen atoms in total. The summed E-state index contributed by atoms with van der Waals surface area (Å²) in [5, 5.41) is 18.0. The molecule has 0 saturated carbocycles. The molecule has 214 valence electrons. The third-order valence-corrected chi connectivity index (χ3v) is 6.85. The number of carbonyl (C=O) groups is 1. The first-order valence-corrected chi connectivity index (χ1v) is 14.0. The van der Waals surface area contributed by atoms with Gasteiger partial charge in [-0.15, -0.1) is 12.6 Å². The van der Waals surface area contributed by atoms with Crippen LogP contribution in [-0.2, 0) is 11.3 Å². The van der Waals surface area contributed by atoms with Crippen LogP contribution in [0.2, 0.25) is 0 Å². The second-order valence-electron chi connectivity index (χ2n) is 10.1. The number of aliphatic hydroxyl groups is 1. The van der Waals surface area contributed by atoms with Crippen LogP contribution < -0.4 is 10.1 Å². The Kier molecular flexibility index (Phi) is 11.3. The third kappa shape index (κ3) is 8.75. The minimum Gasteiger partial charge on any atom is -0.509 e. The van der Waals surface area contributed by atoms with Crippen LogP contribution in [0.15, 0.2) is 65.2 Å². The zero-order valence-electron chi connectivity index (χ0n) is 24.6. The number of rotatable bonds is 9. The SMILES string of the molecule is CC.[B]C([B])Oc1cc(NC(=O)c2cn(-c3ccc(S)cc3)nc2C)ccc1CN1CC(C(C)(C)O)=CC(OC)C1. The summed E-state index contributed by atoms with van der Waals surface area (Å²) >= 11 is 4.31. The van der Waals surface area contributed by atoms with Gasteiger partial charge >= 0.3 is 0 Å². The molecular formula is C30H38B2N4O4S. The van der Waals surface area contributed by atoms with E-state index in [4.69, 9.17) is 25.2 Å². The van der Waals surface area contributed by atoms with Crippen LogP contribution in [0.4, 0.5) is 5.69 Å². The monoisotopic (exact) mass is 572 g/mol. The van der Waals surface area contributed by atoms with Crippen LogP contribution in [-0.4, -0.2) is 79.2 Å². The van der Waals surface area contributed by atoms with Crippen LogP contribution in [0.3, 0.4) is 0 Å². The summed E-state index contributed by atoms with van der Waals surface area (Å²) < 4.78 is 12.9. The lowest BCUT2D eigenvalue weighted by Crippen LogP contribution is -2.42. The maximum Gasteiger partial charge on any atom is 0.259 e. The van der Waals surface area contributed by atoms with E-state index in [1.165, 1.54) is 0 Å². The maximum absolute atomic E-state index is 13.1. The third-order valence-electron chi connectivity index (χ3n) is 6.55. The van der Waals surface area contributed by atoms with Crippen LogP contribution in [0, 0.1) is 6.92 Å². The van der Waals surface area contributed by atoms with Gasteiger partial charge in [0.05, 0.1) is 28.6 Å². The highest BCUT2D eigenvalue weighted by Gasteiger charge is 2.29. The van der Waals surface area contributed by atoms with E-state index in [1.807, 2.05) is 50.3 Å². The van der Waals surface area contributed by atoms with Crippen molar-refractivity contribution in [1.29, 1.82) is 0 Å². The molecule has 1 aromatic heterocycles. The minimum absolute atomic E-state index is 0.153. The van der Waals surface area contributed by atoms with Crippen LogP contribution in [0.5, 0.6) is 5.75 Å². The summed E-state index contributed by atoms with van der Waals surface area (Å²) in [4.78, 5) is 16.1. The number of aryl methyl sites for hydroxylation is 1. The molecule has 4 radical (unpaired) electrons. The fraction of sp³-hybridized carbons (Fsp3) is 0.400. The first kappa shape index (κ1) is 32.5. The van der Waals surface area contributed by atoms with E-state index >= 15 is 0 Å². The fourth-order valence-corrected chi connectivity index (χ4v) is 4.58. The van der Waals surface area contributed by atoms with Crippen molar-refractivity contribution in [3.63, 3.8) is 0 Å². The Morgan fingerprint density at radius 3 is 2.51 bits per heavy atom. The predicted molar refractivity (Wildman–Crippen MR) is 168 cm³/mol. The second-order valence-corrected chi connectivity index (χ2v) is 10.7. The number of aromatic nitrogens is 2. The number of anilines is 1. The van der Waals surface area contributed by atoms with Gasteiger partial charge in [-0.2, -0.15) is 5.10 Å². The van der Waals surface area contributed by atoms with Crippen molar-refractivity contribution in [2.45, 2.75) is 63.7 Å². The molecule has 2 N–H and O–H groups in total. The van der Waals surface area contributed by atoms with Crippen molar-refractivity contribution in [1.82, 2.24) is 14.7 Å². The molecule has 0 saturated heterocycles. The Morgan fingerprint density at radius 1 is 1.22 bits per heavy atom. The van der Waals surface area contributed by atoms with Gasteiger partial charge in [0.15, 0.2) is 0 Å². The molecule has 11 heteroatoms. The quantitative estimate of drug-likeness (QED) is 0.202. The van der Waals surface area contributed by atoms with Crippen molar-refractivity contribution in [3.05, 3.63) is 77.1 Å². The molecule has 1 aliphatic rings. The van der Waals surface area contributed by atoms with Gasteiger partial charge in [0.2, 0.25) is 0 Å². The van der Waals surface area contributed by atoms with Crippen molar-refractivity contribution in [2.24, 2.45) is 0 Å². The van der Waals surface area contributed by atoms with Gasteiger partial charge in [0.25, 0.3) is 5.91 Å². The zero-order valence-corrected chi connectivity index (χ0v) is 25.5. The maximum atomic E-state index is 13.1. The number of methoxy groups -OCH3 is 1. The Balaban J connectivity index is 0.00000226. The van der Waals surface area contributed by atoms with Gasteiger partial charge in [0.1, 0.15) is 21.4 Å². The van der Waals surface area contributed by atoms with E-state index in [0.717, 1.165) is 21.7 Å². The molecule has 41 heavy (non-hydrogen) atoms. The van der Waals surface area contributed by atoms with Crippen LogP contribution in [0.25, 0.3) is 5.69 Å². The second kappa shape index (κ2) is 14.3. The number of ether oxygens (including phenoxy) is 2. The lowest BCUT2D eigenvalue weighted by molar-refractivity contribution is 0.0599. The van der Waals surface area contributed by atoms with Gasteiger partial charge in [-0.1, -0.05) is 26.0 Å². The fourth-order valence-electron chi connectivity index (χ4n) is 4.43. The number of thiol groups is 1. The van der Waals surface area contributed by atoms with Gasteiger partial charge in [0, 0.05) is 61.1 Å². The van der Waals surface area contributed by atoms with E-state index in [0.29, 0.717) is 42.3 Å². The van der Waals surface area contributed by atoms with Crippen LogP contribution >= 0.6 is 12.6 Å². The van der Waals surface area contributed by atoms with Gasteiger partial charge in [-0.3, -0.25) is 9.69 Å². The lowest BCUT2D eigenvalue weighted by Gasteiger charge is -2.36. The highest BCUT2D eigenvalue weighted by molar-refractivity contribution is 7.80. The lowest BCUT2D eigenvalue weighted by atomic mass is 9.82. The molecule has 3 aromatic rings. The molecule has 1 unspecified atom stereocenters. The number of nitrogens with zero attached hydrogens (tertiary/aromatic N) is 3. The summed E-state index contributed by atoms with van der Waals surface area (Å²) in [6.07, 6.45) is 3.51. The summed E-state index contributed by atoms with van der Waals surface area (Å²) in [6.45, 7) is 11.0. The number of hydrogen-bond acceptors (Lipinski definition) is 7. The van der Waals surface area contributed by atoms with Gasteiger partial charge < -0.3 is 19.9 Å². The van der Waals surface area contributed by atoms with E-state index in [-0.39, 0.29) is 12.0 Å². The van der Waals surface area contributed by atoms with Crippen molar-refractivity contribution < 1.29 is 19.4 Å². The predicted octanol–water partition coefficient (Wildman–Crippen LogP) is 4.28. The Labute approximate surface area is 251 Å². The first-order valence-electron chi connectivity index (χ1n) is 13.6. The molecule has 4 rings (SSSR count). The average Bonchev–Trinajstić information content (AvgIpc) is 3.32. The molecule has 0 bridgehead atoms. The highest BCUT2D eigenvalue weighted by Crippen LogP contribution is 2.29. The Morgan fingerprint density at radius 2 is 1.90 bits per heavy atom. The average molecular weight is 572 g/mol. The van der Waals surface area contributed by atoms with Crippen LogP contribution in [0.1, 0.15) is 49.3 Å². The molecular weight excluding hydrogens is 534 g/mol. The molecule has 1 amide bonds. The molecule has 0 fully saturated rings. The normalized spacial score (nSPS) is 15.6. The summed E-state index contributed by atoms with van der Waals surface area (Å²) in [6, 6.07) is 12.9. The number of carbonyl (C=O) groups excluding carboxylic acids is 1. The van der Waals surface area contributed by atoms with Gasteiger partial charge in [-0.05, 0) is 56.7 Å². The summed E-state index contributed by atoms with van der Waals surface area (Å²) in [5.41, 5.74) is 3.12. The molecule has 1 aliphatic heterocycles. The number of hydrogen-bond donors (Lipinski definition) is 3. The minimum atomic E-state index is -1.04. The highest BCUT2D eigenvalue weighted by atomic mass is 32.1. The van der Waals surface area contributed by atoms with E-state index < -0.39 is 11.5 Å². The largest absolute Gasteiger partial charge is 0.509 e. The standard InChI is InChI=1S/C28H32B2N4O4S.C2H6/c1-17-24(16-34(32-17)21-7-9-23(39)10-8-21)26(35)31-20-6-5-18(25(12-20)38-27(29)30)13-33-14-19(28(2,3)36)11-22(15-33)37-4;1-2/h5-12,16,22,27,36,39H,13-15H2,1-4H3,(H,31,35);1-2H3. The van der Waals surface area contributed by atoms with Gasteiger partial charge in [-0.25, -0.2) is 4.68 Å². The molecule has 2 heterocycles. The summed E-state index contributed by atoms with van der Waals surface area (Å²) in [7, 11) is 13.2. The number of benzene rings is 2. The van der Waals surface area contributed by atoms with E-state index in [2.05, 4.69) is 27.9 Å². The Bertz CT molecular complexity index is 1350. The summed E-state index contributed by atoms with van der Waals surface area (Å²) in [5.74, 6) is -0.895. The zero-order chi connectivity index (χ0) is 30.3. The molecule has 1 atom stereocenters. The molecule has 0 spiro atoms. The first-order chi connectivity index (χ1) is 19.4. The van der Waals surface area contributed by atoms with Crippen molar-refractivity contribution in [2.75, 3.05) is 25.5 Å². The van der Waals surface area contributed by atoms with E-state index in [9.17, 15) is 9.90 Å². The van der Waals surface area contributed by atoms with Crippen molar-refractivity contribution >= 4 is 39.9 Å². The van der Waals surface area contributed by atoms with E-state index in [1.54, 1.807) is 50.9 Å². The smallest absolute Gasteiger partial charge is 0.259 e. The number of amides is 1. The topological polar surface area (TPSA) is 88.9 Å². The number of nitrogens with one attached hydrogen (secondary N) is 1. The Hall–Kier alpha value is -2.98. The molecule has 0 aliphatic carbocycles.